The summed E-state index contributed by atoms with van der Waals surface area (Å²) in [5.41, 5.74) is 1.22. The van der Waals surface area contributed by atoms with E-state index in [1.165, 1.54) is 5.56 Å². The molecule has 88 valence electrons. The molecular formula is C14H12BrClO. The van der Waals surface area contributed by atoms with Gasteiger partial charge in [0.1, 0.15) is 5.75 Å². The molecule has 2 rings (SSSR count). The Morgan fingerprint density at radius 1 is 1.00 bits per heavy atom. The summed E-state index contributed by atoms with van der Waals surface area (Å²) in [6.07, 6.45) is 0.798. The Morgan fingerprint density at radius 3 is 2.35 bits per heavy atom. The van der Waals surface area contributed by atoms with Crippen LogP contribution in [0.4, 0.5) is 0 Å². The van der Waals surface area contributed by atoms with Crippen LogP contribution in [0.3, 0.4) is 0 Å². The van der Waals surface area contributed by atoms with E-state index in [0.717, 1.165) is 6.42 Å². The first-order valence-corrected chi connectivity index (χ1v) is 6.64. The molecule has 17 heavy (non-hydrogen) atoms. The molecule has 0 saturated heterocycles. The highest BCUT2D eigenvalue weighted by Gasteiger charge is 2.09. The first kappa shape index (κ1) is 12.5. The van der Waals surface area contributed by atoms with Crippen LogP contribution in [-0.4, -0.2) is 5.01 Å². The van der Waals surface area contributed by atoms with Crippen LogP contribution in [0.15, 0.2) is 54.6 Å². The number of hydrogen-bond acceptors (Lipinski definition) is 1. The Hall–Kier alpha value is -0.990. The highest BCUT2D eigenvalue weighted by atomic mass is 79.9. The van der Waals surface area contributed by atoms with Crippen molar-refractivity contribution in [3.63, 3.8) is 0 Å². The topological polar surface area (TPSA) is 9.23 Å². The lowest BCUT2D eigenvalue weighted by atomic mass is 10.2. The lowest BCUT2D eigenvalue weighted by Crippen LogP contribution is -2.11. The van der Waals surface area contributed by atoms with E-state index in [4.69, 9.17) is 16.3 Å². The molecule has 0 saturated carbocycles. The minimum Gasteiger partial charge on any atom is -0.477 e. The van der Waals surface area contributed by atoms with E-state index < -0.39 is 0 Å². The van der Waals surface area contributed by atoms with Crippen LogP contribution in [0, 0.1) is 0 Å². The zero-order valence-corrected chi connectivity index (χ0v) is 11.5. The molecule has 0 spiro atoms. The van der Waals surface area contributed by atoms with E-state index in [-0.39, 0.29) is 5.01 Å². The summed E-state index contributed by atoms with van der Waals surface area (Å²) in [4.78, 5) is 0. The van der Waals surface area contributed by atoms with Crippen molar-refractivity contribution in [1.29, 1.82) is 0 Å². The molecule has 0 fully saturated rings. The van der Waals surface area contributed by atoms with E-state index in [0.29, 0.717) is 10.8 Å². The van der Waals surface area contributed by atoms with E-state index >= 15 is 0 Å². The standard InChI is InChI=1S/C14H12BrClO/c15-14(10-11-6-2-1-3-7-11)17-13-9-5-4-8-12(13)16/h1-9,14H,10H2. The number of ether oxygens (including phenoxy) is 1. The van der Waals surface area contributed by atoms with Crippen molar-refractivity contribution in [1.82, 2.24) is 0 Å². The Bertz CT molecular complexity index is 473. The lowest BCUT2D eigenvalue weighted by molar-refractivity contribution is 0.295. The van der Waals surface area contributed by atoms with Gasteiger partial charge in [-0.05, 0) is 33.6 Å². The lowest BCUT2D eigenvalue weighted by Gasteiger charge is -2.14. The molecule has 1 atom stereocenters. The van der Waals surface area contributed by atoms with Crippen molar-refractivity contribution < 1.29 is 4.74 Å². The average molecular weight is 312 g/mol. The van der Waals surface area contributed by atoms with Crippen LogP contribution in [-0.2, 0) is 6.42 Å². The summed E-state index contributed by atoms with van der Waals surface area (Å²) in [5.74, 6) is 0.701. The summed E-state index contributed by atoms with van der Waals surface area (Å²) >= 11 is 9.53. The van der Waals surface area contributed by atoms with E-state index in [1.54, 1.807) is 0 Å². The van der Waals surface area contributed by atoms with Gasteiger partial charge in [0.25, 0.3) is 0 Å². The number of halogens is 2. The molecule has 2 aromatic carbocycles. The molecule has 0 bridgehead atoms. The molecule has 0 aliphatic heterocycles. The molecule has 1 unspecified atom stereocenters. The molecule has 3 heteroatoms. The predicted octanol–water partition coefficient (Wildman–Crippen LogP) is 4.68. The third-order valence-corrected chi connectivity index (χ3v) is 3.15. The van der Waals surface area contributed by atoms with Gasteiger partial charge in [-0.25, -0.2) is 0 Å². The van der Waals surface area contributed by atoms with E-state index in [1.807, 2.05) is 42.5 Å². The first-order chi connectivity index (χ1) is 8.25. The maximum atomic E-state index is 6.03. The smallest absolute Gasteiger partial charge is 0.157 e. The van der Waals surface area contributed by atoms with Crippen LogP contribution >= 0.6 is 27.5 Å². The van der Waals surface area contributed by atoms with Crippen molar-refractivity contribution >= 4 is 27.5 Å². The molecule has 0 aromatic heterocycles. The fourth-order valence-corrected chi connectivity index (χ4v) is 2.27. The van der Waals surface area contributed by atoms with Crippen molar-refractivity contribution in [2.24, 2.45) is 0 Å². The summed E-state index contributed by atoms with van der Waals surface area (Å²) in [5, 5.41) is 0.551. The largest absolute Gasteiger partial charge is 0.477 e. The minimum atomic E-state index is -0.0789. The third kappa shape index (κ3) is 3.76. The van der Waals surface area contributed by atoms with Crippen LogP contribution in [0.2, 0.25) is 5.02 Å². The Morgan fingerprint density at radius 2 is 1.65 bits per heavy atom. The number of hydrogen-bond donors (Lipinski definition) is 0. The van der Waals surface area contributed by atoms with Crippen LogP contribution in [0.1, 0.15) is 5.56 Å². The molecule has 0 heterocycles. The van der Waals surface area contributed by atoms with Crippen LogP contribution in [0.25, 0.3) is 0 Å². The van der Waals surface area contributed by atoms with Gasteiger partial charge in [-0.2, -0.15) is 0 Å². The molecule has 2 aromatic rings. The number of rotatable bonds is 4. The quantitative estimate of drug-likeness (QED) is 0.745. The molecule has 0 aliphatic rings. The highest BCUT2D eigenvalue weighted by Crippen LogP contribution is 2.26. The minimum absolute atomic E-state index is 0.0789. The Labute approximate surface area is 115 Å². The maximum Gasteiger partial charge on any atom is 0.157 e. The second-order valence-corrected chi connectivity index (χ2v) is 5.08. The number of para-hydroxylation sites is 1. The average Bonchev–Trinajstić information content (AvgIpc) is 2.33. The van der Waals surface area contributed by atoms with Crippen LogP contribution in [0.5, 0.6) is 5.75 Å². The Kier molecular flexibility index (Phi) is 4.46. The van der Waals surface area contributed by atoms with Gasteiger partial charge >= 0.3 is 0 Å². The monoisotopic (exact) mass is 310 g/mol. The number of alkyl halides is 1. The van der Waals surface area contributed by atoms with Crippen molar-refractivity contribution in [3.8, 4) is 5.75 Å². The van der Waals surface area contributed by atoms with Gasteiger partial charge in [0, 0.05) is 6.42 Å². The summed E-state index contributed by atoms with van der Waals surface area (Å²) in [6, 6.07) is 17.7. The molecule has 0 N–H and O–H groups in total. The zero-order chi connectivity index (χ0) is 12.1. The van der Waals surface area contributed by atoms with E-state index in [9.17, 15) is 0 Å². The third-order valence-electron chi connectivity index (χ3n) is 2.33. The first-order valence-electron chi connectivity index (χ1n) is 5.35. The molecule has 0 aliphatic carbocycles. The van der Waals surface area contributed by atoms with Gasteiger partial charge in [-0.15, -0.1) is 0 Å². The fourth-order valence-electron chi connectivity index (χ4n) is 1.52. The normalized spacial score (nSPS) is 12.1. The zero-order valence-electron chi connectivity index (χ0n) is 9.14. The van der Waals surface area contributed by atoms with Gasteiger partial charge < -0.3 is 4.74 Å². The SMILES string of the molecule is Clc1ccccc1OC(Br)Cc1ccccc1. The molecule has 0 amide bonds. The molecule has 1 nitrogen and oxygen atoms in total. The van der Waals surface area contributed by atoms with Crippen molar-refractivity contribution in [2.75, 3.05) is 0 Å². The molecule has 0 radical (unpaired) electrons. The van der Waals surface area contributed by atoms with Gasteiger partial charge in [0.2, 0.25) is 0 Å². The van der Waals surface area contributed by atoms with Gasteiger partial charge in [-0.3, -0.25) is 0 Å². The Balaban J connectivity index is 1.98. The molecular weight excluding hydrogens is 300 g/mol. The summed E-state index contributed by atoms with van der Waals surface area (Å²) in [6.45, 7) is 0. The van der Waals surface area contributed by atoms with Gasteiger partial charge in [-0.1, -0.05) is 54.1 Å². The van der Waals surface area contributed by atoms with Crippen molar-refractivity contribution in [3.05, 3.63) is 65.2 Å². The van der Waals surface area contributed by atoms with Gasteiger partial charge in [0.15, 0.2) is 5.01 Å². The summed E-state index contributed by atoms with van der Waals surface area (Å²) in [7, 11) is 0. The van der Waals surface area contributed by atoms with E-state index in [2.05, 4.69) is 28.1 Å². The van der Waals surface area contributed by atoms with Crippen LogP contribution < -0.4 is 4.74 Å². The summed E-state index contributed by atoms with van der Waals surface area (Å²) < 4.78 is 5.73. The predicted molar refractivity (Wildman–Crippen MR) is 74.9 cm³/mol. The second kappa shape index (κ2) is 6.08. The fraction of sp³-hybridized carbons (Fsp3) is 0.143. The highest BCUT2D eigenvalue weighted by molar-refractivity contribution is 9.09. The second-order valence-electron chi connectivity index (χ2n) is 3.65. The van der Waals surface area contributed by atoms with Crippen molar-refractivity contribution in [2.45, 2.75) is 11.4 Å². The maximum absolute atomic E-state index is 6.03. The number of benzene rings is 2. The van der Waals surface area contributed by atoms with Gasteiger partial charge in [0.05, 0.1) is 5.02 Å².